The number of anilines is 3. The Morgan fingerprint density at radius 3 is 2.76 bits per heavy atom. The normalized spacial score (nSPS) is 13.7. The van der Waals surface area contributed by atoms with Crippen molar-refractivity contribution >= 4 is 23.5 Å². The average Bonchev–Trinajstić information content (AvgIpc) is 2.91. The van der Waals surface area contributed by atoms with Gasteiger partial charge in [0, 0.05) is 24.5 Å². The summed E-state index contributed by atoms with van der Waals surface area (Å²) < 4.78 is 25.5. The second kappa shape index (κ2) is 12.9. The van der Waals surface area contributed by atoms with Gasteiger partial charge >= 0.3 is 6.09 Å². The Balaban J connectivity index is 1.36. The lowest BCUT2D eigenvalue weighted by Crippen LogP contribution is -2.31. The number of carboxylic acid groups (broad SMARTS) is 1. The number of hydrogen-bond acceptors (Lipinski definition) is 7. The van der Waals surface area contributed by atoms with Crippen molar-refractivity contribution in [2.24, 2.45) is 0 Å². The Hall–Kier alpha value is -3.92. The van der Waals surface area contributed by atoms with Gasteiger partial charge in [0.15, 0.2) is 11.6 Å². The first-order chi connectivity index (χ1) is 18.0. The van der Waals surface area contributed by atoms with Crippen molar-refractivity contribution in [1.82, 2.24) is 14.9 Å². The van der Waals surface area contributed by atoms with Crippen LogP contribution < -0.4 is 19.7 Å². The number of amides is 1. The van der Waals surface area contributed by atoms with E-state index in [1.165, 1.54) is 37.6 Å². The number of methoxy groups -OCH3 is 1. The summed E-state index contributed by atoms with van der Waals surface area (Å²) >= 11 is 0. The minimum absolute atomic E-state index is 0.0708. The van der Waals surface area contributed by atoms with E-state index in [4.69, 9.17) is 9.47 Å². The molecule has 3 aromatic rings. The number of likely N-dealkylation sites (tertiary alicyclic amines) is 1. The third kappa shape index (κ3) is 7.53. The van der Waals surface area contributed by atoms with E-state index in [1.807, 2.05) is 0 Å². The molecular weight excluding hydrogens is 477 g/mol. The number of nitrogens with zero attached hydrogens (tertiary/aromatic N) is 4. The van der Waals surface area contributed by atoms with E-state index < -0.39 is 11.9 Å². The number of ether oxygens (including phenoxy) is 2. The number of piperidine rings is 1. The van der Waals surface area contributed by atoms with Gasteiger partial charge in [0.25, 0.3) is 0 Å². The van der Waals surface area contributed by atoms with Crippen LogP contribution in [0.1, 0.15) is 31.2 Å². The third-order valence-electron chi connectivity index (χ3n) is 6.14. The predicted octanol–water partition coefficient (Wildman–Crippen LogP) is 5.31. The van der Waals surface area contributed by atoms with Gasteiger partial charge in [0.2, 0.25) is 5.95 Å². The van der Waals surface area contributed by atoms with E-state index in [-0.39, 0.29) is 24.1 Å². The fourth-order valence-corrected chi connectivity index (χ4v) is 4.24. The van der Waals surface area contributed by atoms with Gasteiger partial charge in [0.1, 0.15) is 11.6 Å². The number of benzene rings is 2. The molecule has 1 aliphatic rings. The number of carbonyl (C=O) groups is 1. The first kappa shape index (κ1) is 26.2. The van der Waals surface area contributed by atoms with E-state index in [9.17, 15) is 14.3 Å². The van der Waals surface area contributed by atoms with Crippen LogP contribution in [0.5, 0.6) is 11.5 Å². The zero-order chi connectivity index (χ0) is 26.0. The van der Waals surface area contributed by atoms with E-state index in [0.29, 0.717) is 18.0 Å². The van der Waals surface area contributed by atoms with Crippen LogP contribution in [0.25, 0.3) is 0 Å². The lowest BCUT2D eigenvalue weighted by Gasteiger charge is -2.26. The molecule has 37 heavy (non-hydrogen) atoms. The van der Waals surface area contributed by atoms with Crippen LogP contribution >= 0.6 is 0 Å². The van der Waals surface area contributed by atoms with Crippen LogP contribution in [0.3, 0.4) is 0 Å². The monoisotopic (exact) mass is 509 g/mol. The predicted molar refractivity (Wildman–Crippen MR) is 139 cm³/mol. The number of nitrogens with one attached hydrogen (secondary N) is 1. The van der Waals surface area contributed by atoms with Gasteiger partial charge in [-0.3, -0.25) is 4.90 Å². The summed E-state index contributed by atoms with van der Waals surface area (Å²) in [5.74, 6) is 0.647. The molecule has 2 aromatic carbocycles. The second-order valence-electron chi connectivity index (χ2n) is 8.83. The van der Waals surface area contributed by atoms with Gasteiger partial charge in [-0.1, -0.05) is 18.6 Å². The molecule has 196 valence electrons. The van der Waals surface area contributed by atoms with E-state index in [0.717, 1.165) is 36.5 Å². The molecule has 2 heterocycles. The highest BCUT2D eigenvalue weighted by atomic mass is 19.1. The van der Waals surface area contributed by atoms with Gasteiger partial charge < -0.3 is 24.8 Å². The number of hydrogen-bond donors (Lipinski definition) is 2. The smallest absolute Gasteiger partial charge is 0.413 e. The second-order valence-corrected chi connectivity index (χ2v) is 8.83. The van der Waals surface area contributed by atoms with E-state index in [2.05, 4.69) is 20.2 Å². The highest BCUT2D eigenvalue weighted by molar-refractivity contribution is 5.84. The van der Waals surface area contributed by atoms with E-state index in [1.54, 1.807) is 43.5 Å². The van der Waals surface area contributed by atoms with Crippen molar-refractivity contribution in [3.8, 4) is 11.5 Å². The number of rotatable bonds is 11. The van der Waals surface area contributed by atoms with Crippen molar-refractivity contribution in [1.29, 1.82) is 0 Å². The molecule has 1 aromatic heterocycles. The van der Waals surface area contributed by atoms with Crippen molar-refractivity contribution in [2.75, 3.05) is 43.6 Å². The summed E-state index contributed by atoms with van der Waals surface area (Å²) in [7, 11) is 1.55. The van der Waals surface area contributed by atoms with Crippen molar-refractivity contribution in [3.63, 3.8) is 0 Å². The van der Waals surface area contributed by atoms with Crippen molar-refractivity contribution in [3.05, 3.63) is 66.1 Å². The Morgan fingerprint density at radius 1 is 1.16 bits per heavy atom. The minimum Gasteiger partial charge on any atom is -0.497 e. The quantitative estimate of drug-likeness (QED) is 0.336. The van der Waals surface area contributed by atoms with Crippen LogP contribution in [0.2, 0.25) is 0 Å². The SMILES string of the molecule is COc1cccc(CN(C(=O)O)c2ccnc(Nc3ccc(OCCCN4CCCCC4)c(F)c3)n2)c1. The zero-order valence-electron chi connectivity index (χ0n) is 20.9. The van der Waals surface area contributed by atoms with E-state index >= 15 is 0 Å². The molecule has 10 heteroatoms. The maximum atomic E-state index is 14.6. The Labute approximate surface area is 215 Å². The lowest BCUT2D eigenvalue weighted by molar-refractivity contribution is 0.201. The summed E-state index contributed by atoms with van der Waals surface area (Å²) in [4.78, 5) is 23.9. The molecule has 0 atom stereocenters. The average molecular weight is 510 g/mol. The van der Waals surface area contributed by atoms with Crippen LogP contribution in [0.4, 0.5) is 26.6 Å². The molecule has 4 rings (SSSR count). The van der Waals surface area contributed by atoms with Gasteiger partial charge in [0.05, 0.1) is 20.3 Å². The molecule has 1 saturated heterocycles. The summed E-state index contributed by atoms with van der Waals surface area (Å²) in [6, 6.07) is 13.2. The molecule has 0 bridgehead atoms. The molecule has 1 amide bonds. The fraction of sp³-hybridized carbons (Fsp3) is 0.370. The molecule has 0 unspecified atom stereocenters. The Kier molecular flexibility index (Phi) is 9.09. The first-order valence-electron chi connectivity index (χ1n) is 12.4. The summed E-state index contributed by atoms with van der Waals surface area (Å²) in [5, 5.41) is 12.7. The Morgan fingerprint density at radius 2 is 2.00 bits per heavy atom. The molecule has 9 nitrogen and oxygen atoms in total. The lowest BCUT2D eigenvalue weighted by atomic mass is 10.1. The molecule has 1 aliphatic heterocycles. The summed E-state index contributed by atoms with van der Waals surface area (Å²) in [5.41, 5.74) is 1.16. The topological polar surface area (TPSA) is 100 Å². The summed E-state index contributed by atoms with van der Waals surface area (Å²) in [6.07, 6.45) is 4.91. The minimum atomic E-state index is -1.17. The van der Waals surface area contributed by atoms with Crippen LogP contribution in [-0.2, 0) is 6.54 Å². The zero-order valence-corrected chi connectivity index (χ0v) is 20.9. The van der Waals surface area contributed by atoms with Crippen molar-refractivity contribution < 1.29 is 23.8 Å². The standard InChI is InChI=1S/C27H32FN5O4/c1-36-22-8-5-7-20(17-22)19-33(27(34)35)25-11-12-29-26(31-25)30-21-9-10-24(23(28)18-21)37-16-6-15-32-13-3-2-4-14-32/h5,7-12,17-18H,2-4,6,13-16,19H2,1H3,(H,34,35)(H,29,30,31). The van der Waals surface area contributed by atoms with Gasteiger partial charge in [-0.05, 0) is 68.2 Å². The maximum Gasteiger partial charge on any atom is 0.413 e. The maximum absolute atomic E-state index is 14.6. The third-order valence-corrected chi connectivity index (χ3v) is 6.14. The van der Waals surface area contributed by atoms with Gasteiger partial charge in [-0.15, -0.1) is 0 Å². The fourth-order valence-electron chi connectivity index (χ4n) is 4.24. The molecule has 0 aliphatic carbocycles. The summed E-state index contributed by atoms with van der Waals surface area (Å²) in [6.45, 7) is 3.73. The molecule has 0 spiro atoms. The number of aromatic nitrogens is 2. The largest absolute Gasteiger partial charge is 0.497 e. The van der Waals surface area contributed by atoms with Crippen LogP contribution in [-0.4, -0.2) is 59.4 Å². The molecule has 0 saturated carbocycles. The van der Waals surface area contributed by atoms with Gasteiger partial charge in [-0.25, -0.2) is 14.2 Å². The van der Waals surface area contributed by atoms with Crippen LogP contribution in [0, 0.1) is 5.82 Å². The molecule has 0 radical (unpaired) electrons. The highest BCUT2D eigenvalue weighted by Crippen LogP contribution is 2.24. The first-order valence-corrected chi connectivity index (χ1v) is 12.4. The highest BCUT2D eigenvalue weighted by Gasteiger charge is 2.18. The molecule has 1 fully saturated rings. The van der Waals surface area contributed by atoms with Crippen LogP contribution in [0.15, 0.2) is 54.7 Å². The number of halogens is 1. The Bertz CT molecular complexity index is 1190. The van der Waals surface area contributed by atoms with Gasteiger partial charge in [-0.2, -0.15) is 4.98 Å². The van der Waals surface area contributed by atoms with Crippen molar-refractivity contribution in [2.45, 2.75) is 32.2 Å². The molecule has 2 N–H and O–H groups in total. The molecular formula is C27H32FN5O4.